The fourth-order valence-corrected chi connectivity index (χ4v) is 2.50. The second-order valence-electron chi connectivity index (χ2n) is 4.99. The Bertz CT molecular complexity index is 865. The molecule has 0 aliphatic rings. The van der Waals surface area contributed by atoms with Gasteiger partial charge in [0, 0.05) is 10.7 Å². The summed E-state index contributed by atoms with van der Waals surface area (Å²) in [4.78, 5) is 12.2. The summed E-state index contributed by atoms with van der Waals surface area (Å²) in [5.41, 5.74) is 1.22. The zero-order valence-electron chi connectivity index (χ0n) is 12.5. The molecule has 0 bridgehead atoms. The summed E-state index contributed by atoms with van der Waals surface area (Å²) in [6.45, 7) is 0. The van der Waals surface area contributed by atoms with Crippen LogP contribution in [0.4, 0.5) is 16.2 Å². The molecule has 0 aliphatic carbocycles. The summed E-state index contributed by atoms with van der Waals surface area (Å²) in [7, 11) is 1.54. The first kappa shape index (κ1) is 15.2. The maximum Gasteiger partial charge on any atom is 0.323 e. The zero-order chi connectivity index (χ0) is 16.2. The van der Waals surface area contributed by atoms with Crippen molar-refractivity contribution in [2.75, 3.05) is 17.7 Å². The van der Waals surface area contributed by atoms with E-state index >= 15 is 0 Å². The molecule has 0 aliphatic heterocycles. The minimum atomic E-state index is -0.360. The van der Waals surface area contributed by atoms with Crippen LogP contribution in [0.3, 0.4) is 0 Å². The largest absolute Gasteiger partial charge is 0.495 e. The van der Waals surface area contributed by atoms with E-state index < -0.39 is 0 Å². The molecule has 0 radical (unpaired) electrons. The monoisotopic (exact) mass is 326 g/mol. The molecule has 3 aromatic rings. The summed E-state index contributed by atoms with van der Waals surface area (Å²) in [6.07, 6.45) is 0. The molecule has 4 nitrogen and oxygen atoms in total. The lowest BCUT2D eigenvalue weighted by molar-refractivity contribution is 0.262. The lowest BCUT2D eigenvalue weighted by Gasteiger charge is -2.12. The topological polar surface area (TPSA) is 50.4 Å². The van der Waals surface area contributed by atoms with E-state index in [-0.39, 0.29) is 6.03 Å². The Balaban J connectivity index is 1.77. The number of rotatable bonds is 3. The fourth-order valence-electron chi connectivity index (χ4n) is 2.33. The van der Waals surface area contributed by atoms with Crippen molar-refractivity contribution in [1.82, 2.24) is 0 Å². The summed E-state index contributed by atoms with van der Waals surface area (Å²) in [5, 5.41) is 8.25. The van der Waals surface area contributed by atoms with Crippen LogP contribution in [-0.4, -0.2) is 13.1 Å². The first-order valence-electron chi connectivity index (χ1n) is 7.06. The molecule has 2 N–H and O–H groups in total. The van der Waals surface area contributed by atoms with Crippen LogP contribution in [0.25, 0.3) is 10.8 Å². The van der Waals surface area contributed by atoms with Crippen molar-refractivity contribution in [2.45, 2.75) is 0 Å². The standard InChI is InChI=1S/C18H15ClN2O2/c1-23-17-9-7-14(19)11-16(17)21-18(22)20-15-8-6-12-4-2-3-5-13(12)10-15/h2-11H,1H3,(H2,20,21,22). The van der Waals surface area contributed by atoms with Crippen LogP contribution < -0.4 is 15.4 Å². The molecule has 5 heteroatoms. The van der Waals surface area contributed by atoms with Crippen molar-refractivity contribution in [3.63, 3.8) is 0 Å². The van der Waals surface area contributed by atoms with Crippen LogP contribution in [0.5, 0.6) is 5.75 Å². The van der Waals surface area contributed by atoms with Gasteiger partial charge in [0.1, 0.15) is 5.75 Å². The van der Waals surface area contributed by atoms with Gasteiger partial charge in [0.2, 0.25) is 0 Å². The molecular weight excluding hydrogens is 312 g/mol. The zero-order valence-corrected chi connectivity index (χ0v) is 13.2. The Morgan fingerprint density at radius 3 is 2.52 bits per heavy atom. The predicted octanol–water partition coefficient (Wildman–Crippen LogP) is 5.15. The van der Waals surface area contributed by atoms with Crippen molar-refractivity contribution in [2.24, 2.45) is 0 Å². The number of fused-ring (bicyclic) bond motifs is 1. The number of carbonyl (C=O) groups excluding carboxylic acids is 1. The molecule has 0 atom stereocenters. The Hall–Kier alpha value is -2.72. The van der Waals surface area contributed by atoms with Crippen LogP contribution >= 0.6 is 11.6 Å². The second kappa shape index (κ2) is 6.58. The molecule has 0 unspecified atom stereocenters. The van der Waals surface area contributed by atoms with Gasteiger partial charge in [-0.05, 0) is 41.1 Å². The van der Waals surface area contributed by atoms with E-state index in [9.17, 15) is 4.79 Å². The molecule has 3 rings (SSSR count). The van der Waals surface area contributed by atoms with Gasteiger partial charge in [-0.2, -0.15) is 0 Å². The van der Waals surface area contributed by atoms with E-state index in [4.69, 9.17) is 16.3 Å². The summed E-state index contributed by atoms with van der Waals surface area (Å²) in [6, 6.07) is 18.4. The number of hydrogen-bond acceptors (Lipinski definition) is 2. The fraction of sp³-hybridized carbons (Fsp3) is 0.0556. The Morgan fingerprint density at radius 1 is 0.957 bits per heavy atom. The van der Waals surface area contributed by atoms with Gasteiger partial charge in [-0.3, -0.25) is 0 Å². The van der Waals surface area contributed by atoms with Crippen LogP contribution in [0.15, 0.2) is 60.7 Å². The Labute approximate surface area is 139 Å². The van der Waals surface area contributed by atoms with Crippen molar-refractivity contribution in [1.29, 1.82) is 0 Å². The van der Waals surface area contributed by atoms with E-state index in [0.29, 0.717) is 22.1 Å². The van der Waals surface area contributed by atoms with E-state index in [1.807, 2.05) is 42.5 Å². The van der Waals surface area contributed by atoms with Gasteiger partial charge in [0.25, 0.3) is 0 Å². The quantitative estimate of drug-likeness (QED) is 0.699. The van der Waals surface area contributed by atoms with Crippen molar-refractivity contribution in [3.05, 3.63) is 65.7 Å². The number of carbonyl (C=O) groups is 1. The van der Waals surface area contributed by atoms with Crippen LogP contribution in [0.2, 0.25) is 5.02 Å². The number of urea groups is 1. The Kier molecular flexibility index (Phi) is 4.35. The van der Waals surface area contributed by atoms with Crippen LogP contribution in [-0.2, 0) is 0 Å². The molecule has 0 saturated heterocycles. The highest BCUT2D eigenvalue weighted by Gasteiger charge is 2.08. The highest BCUT2D eigenvalue weighted by molar-refractivity contribution is 6.31. The number of hydrogen-bond donors (Lipinski definition) is 2. The molecular formula is C18H15ClN2O2. The van der Waals surface area contributed by atoms with Gasteiger partial charge in [0.05, 0.1) is 12.8 Å². The molecule has 0 aromatic heterocycles. The number of methoxy groups -OCH3 is 1. The summed E-state index contributed by atoms with van der Waals surface area (Å²) < 4.78 is 5.21. The summed E-state index contributed by atoms with van der Waals surface area (Å²) in [5.74, 6) is 0.545. The van der Waals surface area contributed by atoms with Gasteiger partial charge in [-0.1, -0.05) is 41.9 Å². The number of anilines is 2. The van der Waals surface area contributed by atoms with Crippen molar-refractivity contribution >= 4 is 39.8 Å². The maximum atomic E-state index is 12.2. The SMILES string of the molecule is COc1ccc(Cl)cc1NC(=O)Nc1ccc2ccccc2c1. The minimum Gasteiger partial charge on any atom is -0.495 e. The van der Waals surface area contributed by atoms with Gasteiger partial charge < -0.3 is 15.4 Å². The van der Waals surface area contributed by atoms with E-state index in [2.05, 4.69) is 10.6 Å². The smallest absolute Gasteiger partial charge is 0.323 e. The minimum absolute atomic E-state index is 0.360. The molecule has 23 heavy (non-hydrogen) atoms. The number of ether oxygens (including phenoxy) is 1. The average Bonchev–Trinajstić information content (AvgIpc) is 2.55. The van der Waals surface area contributed by atoms with Gasteiger partial charge in [0.15, 0.2) is 0 Å². The third-order valence-electron chi connectivity index (χ3n) is 3.42. The lowest BCUT2D eigenvalue weighted by Crippen LogP contribution is -2.19. The highest BCUT2D eigenvalue weighted by atomic mass is 35.5. The Morgan fingerprint density at radius 2 is 1.74 bits per heavy atom. The first-order chi connectivity index (χ1) is 11.2. The van der Waals surface area contributed by atoms with E-state index in [1.54, 1.807) is 18.2 Å². The lowest BCUT2D eigenvalue weighted by atomic mass is 10.1. The molecule has 3 aromatic carbocycles. The summed E-state index contributed by atoms with van der Waals surface area (Å²) >= 11 is 5.96. The normalized spacial score (nSPS) is 10.3. The highest BCUT2D eigenvalue weighted by Crippen LogP contribution is 2.28. The first-order valence-corrected chi connectivity index (χ1v) is 7.44. The average molecular weight is 327 g/mol. The van der Waals surface area contributed by atoms with Gasteiger partial charge in [-0.15, -0.1) is 0 Å². The number of benzene rings is 3. The van der Waals surface area contributed by atoms with Gasteiger partial charge >= 0.3 is 6.03 Å². The molecule has 0 fully saturated rings. The second-order valence-corrected chi connectivity index (χ2v) is 5.42. The molecule has 0 saturated carbocycles. The predicted molar refractivity (Wildman–Crippen MR) is 94.6 cm³/mol. The molecule has 0 heterocycles. The van der Waals surface area contributed by atoms with Crippen LogP contribution in [0, 0.1) is 0 Å². The number of halogens is 1. The number of nitrogens with one attached hydrogen (secondary N) is 2. The molecule has 116 valence electrons. The molecule has 2 amide bonds. The third-order valence-corrected chi connectivity index (χ3v) is 3.65. The van der Waals surface area contributed by atoms with Gasteiger partial charge in [-0.25, -0.2) is 4.79 Å². The number of amides is 2. The van der Waals surface area contributed by atoms with Crippen molar-refractivity contribution < 1.29 is 9.53 Å². The maximum absolute atomic E-state index is 12.2. The van der Waals surface area contributed by atoms with Crippen molar-refractivity contribution in [3.8, 4) is 5.75 Å². The van der Waals surface area contributed by atoms with E-state index in [1.165, 1.54) is 7.11 Å². The van der Waals surface area contributed by atoms with E-state index in [0.717, 1.165) is 10.8 Å². The van der Waals surface area contributed by atoms with Crippen LogP contribution in [0.1, 0.15) is 0 Å². The third kappa shape index (κ3) is 3.55. The molecule has 0 spiro atoms.